The lowest BCUT2D eigenvalue weighted by atomic mass is 9.93. The van der Waals surface area contributed by atoms with Crippen LogP contribution in [0.3, 0.4) is 0 Å². The van der Waals surface area contributed by atoms with E-state index >= 15 is 0 Å². The molecule has 1 N–H and O–H groups in total. The quantitative estimate of drug-likeness (QED) is 0.416. The molecule has 4 heterocycles. The zero-order chi connectivity index (χ0) is 26.6. The van der Waals surface area contributed by atoms with Gasteiger partial charge in [0.2, 0.25) is 21.9 Å². The summed E-state index contributed by atoms with van der Waals surface area (Å²) in [5.74, 6) is 1.44. The van der Waals surface area contributed by atoms with Gasteiger partial charge in [-0.2, -0.15) is 0 Å². The molecule has 1 aliphatic heterocycles. The monoisotopic (exact) mass is 529 g/mol. The van der Waals surface area contributed by atoms with Gasteiger partial charge in [-0.25, -0.2) is 23.4 Å². The average Bonchev–Trinajstić information content (AvgIpc) is 3.30. The molecule has 12 heteroatoms. The molecule has 1 saturated heterocycles. The van der Waals surface area contributed by atoms with Crippen LogP contribution in [0, 0.1) is 12.8 Å². The van der Waals surface area contributed by atoms with Gasteiger partial charge >= 0.3 is 0 Å². The molecule has 0 spiro atoms. The summed E-state index contributed by atoms with van der Waals surface area (Å²) < 4.78 is 42.9. The number of rotatable bonds is 10. The van der Waals surface area contributed by atoms with E-state index in [1.54, 1.807) is 38.6 Å². The molecule has 0 aromatic carbocycles. The van der Waals surface area contributed by atoms with Gasteiger partial charge in [-0.05, 0) is 50.7 Å². The average molecular weight is 530 g/mol. The molecule has 0 unspecified atom stereocenters. The van der Waals surface area contributed by atoms with Gasteiger partial charge in [0.1, 0.15) is 11.5 Å². The molecular weight excluding hydrogens is 494 g/mol. The number of anilines is 1. The Morgan fingerprint density at radius 3 is 2.49 bits per heavy atom. The van der Waals surface area contributed by atoms with E-state index in [0.29, 0.717) is 55.7 Å². The van der Waals surface area contributed by atoms with E-state index in [0.717, 1.165) is 5.56 Å². The lowest BCUT2D eigenvalue weighted by Gasteiger charge is -2.27. The Balaban J connectivity index is 1.70. The Morgan fingerprint density at radius 2 is 1.84 bits per heavy atom. The van der Waals surface area contributed by atoms with Crippen molar-refractivity contribution in [2.45, 2.75) is 64.2 Å². The third-order valence-electron chi connectivity index (χ3n) is 6.56. The molecule has 0 radical (unpaired) electrons. The van der Waals surface area contributed by atoms with Crippen molar-refractivity contribution < 1.29 is 17.9 Å². The van der Waals surface area contributed by atoms with Crippen LogP contribution in [0.2, 0.25) is 0 Å². The molecule has 0 aliphatic carbocycles. The fourth-order valence-corrected chi connectivity index (χ4v) is 5.77. The summed E-state index contributed by atoms with van der Waals surface area (Å²) >= 11 is 0. The van der Waals surface area contributed by atoms with E-state index in [9.17, 15) is 8.42 Å². The van der Waals surface area contributed by atoms with Crippen LogP contribution in [0.5, 0.6) is 5.88 Å². The Labute approximate surface area is 218 Å². The topological polar surface area (TPSA) is 134 Å². The van der Waals surface area contributed by atoms with E-state index in [1.807, 2.05) is 17.6 Å². The first kappa shape index (κ1) is 26.9. The van der Waals surface area contributed by atoms with Gasteiger partial charge in [-0.15, -0.1) is 10.2 Å². The number of pyridine rings is 1. The highest BCUT2D eigenvalue weighted by molar-refractivity contribution is 7.93. The van der Waals surface area contributed by atoms with Crippen molar-refractivity contribution in [2.75, 3.05) is 25.0 Å². The molecule has 2 atom stereocenters. The summed E-state index contributed by atoms with van der Waals surface area (Å²) in [4.78, 5) is 13.4. The Bertz CT molecular complexity index is 1290. The van der Waals surface area contributed by atoms with Crippen molar-refractivity contribution >= 4 is 16.0 Å². The van der Waals surface area contributed by atoms with E-state index in [4.69, 9.17) is 9.47 Å². The maximum Gasteiger partial charge on any atom is 0.238 e. The maximum atomic E-state index is 13.7. The largest absolute Gasteiger partial charge is 0.481 e. The van der Waals surface area contributed by atoms with Crippen LogP contribution in [-0.2, 0) is 14.8 Å². The Morgan fingerprint density at radius 1 is 1.14 bits per heavy atom. The third-order valence-corrected chi connectivity index (χ3v) is 8.34. The van der Waals surface area contributed by atoms with Gasteiger partial charge in [-0.1, -0.05) is 19.9 Å². The van der Waals surface area contributed by atoms with Crippen LogP contribution in [0.15, 0.2) is 30.6 Å². The number of aromatic nitrogens is 6. The van der Waals surface area contributed by atoms with Crippen LogP contribution in [-0.4, -0.2) is 63.7 Å². The van der Waals surface area contributed by atoms with Crippen LogP contribution < -0.4 is 9.46 Å². The van der Waals surface area contributed by atoms with E-state index < -0.39 is 21.2 Å². The summed E-state index contributed by atoms with van der Waals surface area (Å²) in [6.45, 7) is 8.85. The number of aryl methyl sites for hydroxylation is 1. The summed E-state index contributed by atoms with van der Waals surface area (Å²) in [5.41, 5.74) is 1.46. The lowest BCUT2D eigenvalue weighted by Crippen LogP contribution is -2.34. The number of methoxy groups -OCH3 is 1. The summed E-state index contributed by atoms with van der Waals surface area (Å²) in [6.07, 6.45) is 5.46. The standard InChI is InChI=1S/C25H35N7O4S/c1-16(2)13-20(23-26-14-17(3)15-27-23)18(4)37(33,34)31-25-30-29-24(21-7-6-8-22(28-21)35-5)32(25)19-9-11-36-12-10-19/h6-8,14-16,18-20H,9-13H2,1-5H3,(H,30,31)/t18-,20+/m0/s1. The minimum absolute atomic E-state index is 0.0494. The number of nitrogens with zero attached hydrogens (tertiary/aromatic N) is 6. The second-order valence-corrected chi connectivity index (χ2v) is 11.9. The predicted octanol–water partition coefficient (Wildman–Crippen LogP) is 3.76. The highest BCUT2D eigenvalue weighted by Crippen LogP contribution is 2.33. The zero-order valence-corrected chi connectivity index (χ0v) is 22.8. The number of ether oxygens (including phenoxy) is 2. The minimum atomic E-state index is -3.89. The minimum Gasteiger partial charge on any atom is -0.481 e. The van der Waals surface area contributed by atoms with Gasteiger partial charge in [0, 0.05) is 43.6 Å². The number of hydrogen-bond donors (Lipinski definition) is 1. The van der Waals surface area contributed by atoms with Crippen LogP contribution in [0.25, 0.3) is 11.5 Å². The fraction of sp³-hybridized carbons (Fsp3) is 0.560. The van der Waals surface area contributed by atoms with E-state index in [-0.39, 0.29) is 17.9 Å². The number of hydrogen-bond acceptors (Lipinski definition) is 9. The molecule has 0 amide bonds. The molecule has 3 aromatic rings. The highest BCUT2D eigenvalue weighted by atomic mass is 32.2. The summed E-state index contributed by atoms with van der Waals surface area (Å²) in [6, 6.07) is 5.31. The first-order valence-corrected chi connectivity index (χ1v) is 14.1. The van der Waals surface area contributed by atoms with Gasteiger partial charge in [-0.3, -0.25) is 9.29 Å². The SMILES string of the molecule is COc1cccc(-c2nnc(NS(=O)(=O)[C@@H](C)[C@@H](CC(C)C)c3ncc(C)cn3)n2C2CCOCC2)n1. The van der Waals surface area contributed by atoms with Gasteiger partial charge in [0.15, 0.2) is 5.82 Å². The van der Waals surface area contributed by atoms with Gasteiger partial charge < -0.3 is 9.47 Å². The van der Waals surface area contributed by atoms with E-state index in [1.165, 1.54) is 0 Å². The molecule has 4 rings (SSSR count). The predicted molar refractivity (Wildman–Crippen MR) is 140 cm³/mol. The molecule has 1 fully saturated rings. The third kappa shape index (κ3) is 6.24. The number of nitrogens with one attached hydrogen (secondary N) is 1. The highest BCUT2D eigenvalue weighted by Gasteiger charge is 2.35. The number of sulfonamides is 1. The maximum absolute atomic E-state index is 13.7. The van der Waals surface area contributed by atoms with Crippen molar-refractivity contribution in [2.24, 2.45) is 5.92 Å². The van der Waals surface area contributed by atoms with Crippen molar-refractivity contribution in [3.63, 3.8) is 0 Å². The van der Waals surface area contributed by atoms with Crippen molar-refractivity contribution in [3.8, 4) is 17.4 Å². The van der Waals surface area contributed by atoms with Gasteiger partial charge in [0.25, 0.3) is 0 Å². The molecule has 11 nitrogen and oxygen atoms in total. The van der Waals surface area contributed by atoms with Crippen molar-refractivity contribution in [1.29, 1.82) is 0 Å². The molecule has 3 aromatic heterocycles. The molecule has 1 aliphatic rings. The first-order valence-electron chi connectivity index (χ1n) is 12.5. The smallest absolute Gasteiger partial charge is 0.238 e. The van der Waals surface area contributed by atoms with E-state index in [2.05, 4.69) is 43.7 Å². The van der Waals surface area contributed by atoms with Crippen LogP contribution in [0.1, 0.15) is 63.4 Å². The van der Waals surface area contributed by atoms with Crippen LogP contribution in [0.4, 0.5) is 5.95 Å². The van der Waals surface area contributed by atoms with Gasteiger partial charge in [0.05, 0.1) is 12.4 Å². The molecule has 0 saturated carbocycles. The Kier molecular flexibility index (Phi) is 8.38. The molecule has 0 bridgehead atoms. The van der Waals surface area contributed by atoms with Crippen LogP contribution >= 0.6 is 0 Å². The second-order valence-electron chi connectivity index (χ2n) is 9.83. The first-order chi connectivity index (χ1) is 17.7. The zero-order valence-electron chi connectivity index (χ0n) is 22.0. The molecule has 200 valence electrons. The normalized spacial score (nSPS) is 16.5. The molecular formula is C25H35N7O4S. The summed E-state index contributed by atoms with van der Waals surface area (Å²) in [5, 5.41) is 7.80. The summed E-state index contributed by atoms with van der Waals surface area (Å²) in [7, 11) is -2.35. The fourth-order valence-electron chi connectivity index (χ4n) is 4.52. The molecule has 37 heavy (non-hydrogen) atoms. The van der Waals surface area contributed by atoms with Crippen molar-refractivity contribution in [1.82, 2.24) is 29.7 Å². The van der Waals surface area contributed by atoms with Crippen molar-refractivity contribution in [3.05, 3.63) is 42.0 Å². The Hall–Kier alpha value is -3.12. The lowest BCUT2D eigenvalue weighted by molar-refractivity contribution is 0.0704. The second kappa shape index (κ2) is 11.5.